The minimum atomic E-state index is -0.939. The first kappa shape index (κ1) is 22.4. The highest BCUT2D eigenvalue weighted by Crippen LogP contribution is 2.26. The summed E-state index contributed by atoms with van der Waals surface area (Å²) in [5.41, 5.74) is 3.34. The lowest BCUT2D eigenvalue weighted by Gasteiger charge is -2.34. The first-order valence-corrected chi connectivity index (χ1v) is 11.4. The van der Waals surface area contributed by atoms with Crippen LogP contribution >= 0.6 is 0 Å². The standard InChI is InChI=1S/C27H26F2N4O/c1-19-6-2-3-7-21(19)17-31-12-14-32(15-13-31)18-33-27(34)23-9-5-4-8-22(23)26(30-33)20-10-11-24(28)25(29)16-20/h2-11,16H,12-15,17-18H2,1H3. The maximum absolute atomic E-state index is 14.0. The quantitative estimate of drug-likeness (QED) is 0.442. The molecule has 0 amide bonds. The average molecular weight is 461 g/mol. The Labute approximate surface area is 196 Å². The molecule has 0 atom stereocenters. The second-order valence-corrected chi connectivity index (χ2v) is 8.79. The number of hydrogen-bond acceptors (Lipinski definition) is 4. The van der Waals surface area contributed by atoms with Crippen molar-refractivity contribution < 1.29 is 8.78 Å². The third-order valence-corrected chi connectivity index (χ3v) is 6.51. The van der Waals surface area contributed by atoms with Crippen LogP contribution in [0, 0.1) is 18.6 Å². The second kappa shape index (κ2) is 9.44. The van der Waals surface area contributed by atoms with Crippen LogP contribution in [0.2, 0.25) is 0 Å². The predicted molar refractivity (Wildman–Crippen MR) is 129 cm³/mol. The minimum absolute atomic E-state index is 0.190. The van der Waals surface area contributed by atoms with Gasteiger partial charge in [0.15, 0.2) is 11.6 Å². The van der Waals surface area contributed by atoms with Gasteiger partial charge in [-0.1, -0.05) is 42.5 Å². The number of aromatic nitrogens is 2. The Hall–Kier alpha value is -3.42. The van der Waals surface area contributed by atoms with Crippen molar-refractivity contribution in [2.75, 3.05) is 26.2 Å². The molecule has 0 aliphatic carbocycles. The molecule has 7 heteroatoms. The van der Waals surface area contributed by atoms with Crippen molar-refractivity contribution in [2.24, 2.45) is 0 Å². The average Bonchev–Trinajstić information content (AvgIpc) is 2.85. The van der Waals surface area contributed by atoms with Gasteiger partial charge in [-0.15, -0.1) is 0 Å². The van der Waals surface area contributed by atoms with Crippen molar-refractivity contribution >= 4 is 10.8 Å². The molecule has 1 saturated heterocycles. The molecule has 5 nitrogen and oxygen atoms in total. The Balaban J connectivity index is 1.38. The number of aryl methyl sites for hydroxylation is 1. The molecule has 1 aliphatic rings. The van der Waals surface area contributed by atoms with Crippen LogP contribution < -0.4 is 5.56 Å². The largest absolute Gasteiger partial charge is 0.297 e. The SMILES string of the molecule is Cc1ccccc1CN1CCN(Cn2nc(-c3ccc(F)c(F)c3)c3ccccc3c2=O)CC1. The van der Waals surface area contributed by atoms with Crippen LogP contribution in [0.25, 0.3) is 22.0 Å². The summed E-state index contributed by atoms with van der Waals surface area (Å²) in [6.07, 6.45) is 0. The highest BCUT2D eigenvalue weighted by Gasteiger charge is 2.20. The fraction of sp³-hybridized carbons (Fsp3) is 0.259. The lowest BCUT2D eigenvalue weighted by Crippen LogP contribution is -2.47. The second-order valence-electron chi connectivity index (χ2n) is 8.79. The van der Waals surface area contributed by atoms with Crippen molar-refractivity contribution in [3.63, 3.8) is 0 Å². The zero-order valence-electron chi connectivity index (χ0n) is 19.0. The third-order valence-electron chi connectivity index (χ3n) is 6.51. The summed E-state index contributed by atoms with van der Waals surface area (Å²) in [5, 5.41) is 5.73. The van der Waals surface area contributed by atoms with Crippen LogP contribution in [0.15, 0.2) is 71.5 Å². The van der Waals surface area contributed by atoms with Crippen molar-refractivity contribution in [2.45, 2.75) is 20.1 Å². The lowest BCUT2D eigenvalue weighted by atomic mass is 10.0. The number of halogens is 2. The van der Waals surface area contributed by atoms with Crippen LogP contribution in [-0.4, -0.2) is 45.8 Å². The Bertz CT molecular complexity index is 1390. The van der Waals surface area contributed by atoms with E-state index in [2.05, 4.69) is 46.1 Å². The number of fused-ring (bicyclic) bond motifs is 1. The van der Waals surface area contributed by atoms with Crippen LogP contribution in [0.3, 0.4) is 0 Å². The van der Waals surface area contributed by atoms with E-state index in [9.17, 15) is 13.6 Å². The summed E-state index contributed by atoms with van der Waals surface area (Å²) in [6, 6.07) is 19.3. The molecular weight excluding hydrogens is 434 g/mol. The Morgan fingerprint density at radius 1 is 0.824 bits per heavy atom. The van der Waals surface area contributed by atoms with Gasteiger partial charge < -0.3 is 0 Å². The van der Waals surface area contributed by atoms with Crippen LogP contribution in [-0.2, 0) is 13.2 Å². The Morgan fingerprint density at radius 3 is 2.24 bits per heavy atom. The number of benzene rings is 3. The number of nitrogens with zero attached hydrogens (tertiary/aromatic N) is 4. The number of piperazine rings is 1. The van der Waals surface area contributed by atoms with Gasteiger partial charge in [-0.2, -0.15) is 5.10 Å². The molecule has 0 N–H and O–H groups in total. The molecule has 0 saturated carbocycles. The van der Waals surface area contributed by atoms with Gasteiger partial charge in [-0.05, 0) is 42.3 Å². The highest BCUT2D eigenvalue weighted by molar-refractivity contribution is 5.93. The number of hydrogen-bond donors (Lipinski definition) is 0. The molecule has 1 fully saturated rings. The molecule has 4 aromatic rings. The Morgan fingerprint density at radius 2 is 1.50 bits per heavy atom. The van der Waals surface area contributed by atoms with E-state index in [1.165, 1.54) is 21.9 Å². The molecule has 0 radical (unpaired) electrons. The van der Waals surface area contributed by atoms with E-state index in [0.29, 0.717) is 28.7 Å². The van der Waals surface area contributed by atoms with E-state index >= 15 is 0 Å². The smallest absolute Gasteiger partial charge is 0.275 e. The van der Waals surface area contributed by atoms with Crippen LogP contribution in [0.4, 0.5) is 8.78 Å². The summed E-state index contributed by atoms with van der Waals surface area (Å²) >= 11 is 0. The van der Waals surface area contributed by atoms with Crippen LogP contribution in [0.1, 0.15) is 11.1 Å². The maximum atomic E-state index is 14.0. The van der Waals surface area contributed by atoms with Gasteiger partial charge in [0.2, 0.25) is 0 Å². The molecule has 1 aromatic heterocycles. The third kappa shape index (κ3) is 4.49. The van der Waals surface area contributed by atoms with Gasteiger partial charge in [0.25, 0.3) is 5.56 Å². The summed E-state index contributed by atoms with van der Waals surface area (Å²) in [5.74, 6) is -1.85. The highest BCUT2D eigenvalue weighted by atomic mass is 19.2. The van der Waals surface area contributed by atoms with Gasteiger partial charge in [0.1, 0.15) is 0 Å². The molecule has 34 heavy (non-hydrogen) atoms. The molecule has 0 spiro atoms. The van der Waals surface area contributed by atoms with Crippen molar-refractivity contribution in [3.8, 4) is 11.3 Å². The van der Waals surface area contributed by atoms with Crippen molar-refractivity contribution in [1.29, 1.82) is 0 Å². The Kier molecular flexibility index (Phi) is 6.22. The molecule has 3 aromatic carbocycles. The van der Waals surface area contributed by atoms with Gasteiger partial charge in [0.05, 0.1) is 17.7 Å². The molecule has 174 valence electrons. The van der Waals surface area contributed by atoms with E-state index in [-0.39, 0.29) is 5.56 Å². The van der Waals surface area contributed by atoms with Gasteiger partial charge in [-0.3, -0.25) is 14.6 Å². The normalized spacial score (nSPS) is 15.1. The monoisotopic (exact) mass is 460 g/mol. The topological polar surface area (TPSA) is 41.4 Å². The van der Waals surface area contributed by atoms with Gasteiger partial charge in [0, 0.05) is 43.7 Å². The van der Waals surface area contributed by atoms with Crippen molar-refractivity contribution in [3.05, 3.63) is 99.8 Å². The minimum Gasteiger partial charge on any atom is -0.297 e. The first-order chi connectivity index (χ1) is 16.5. The molecule has 0 bridgehead atoms. The number of rotatable bonds is 5. The zero-order chi connectivity index (χ0) is 23.7. The molecule has 2 heterocycles. The van der Waals surface area contributed by atoms with Crippen molar-refractivity contribution in [1.82, 2.24) is 19.6 Å². The predicted octanol–water partition coefficient (Wildman–Crippen LogP) is 4.43. The molecular formula is C27H26F2N4O. The molecule has 5 rings (SSSR count). The van der Waals surface area contributed by atoms with Gasteiger partial charge >= 0.3 is 0 Å². The summed E-state index contributed by atoms with van der Waals surface area (Å²) in [4.78, 5) is 17.8. The molecule has 1 aliphatic heterocycles. The van der Waals surface area contributed by atoms with E-state index in [1.54, 1.807) is 18.2 Å². The van der Waals surface area contributed by atoms with E-state index in [0.717, 1.165) is 44.9 Å². The molecule has 0 unspecified atom stereocenters. The lowest BCUT2D eigenvalue weighted by molar-refractivity contribution is 0.0972. The maximum Gasteiger partial charge on any atom is 0.275 e. The van der Waals surface area contributed by atoms with E-state index in [4.69, 9.17) is 0 Å². The van der Waals surface area contributed by atoms with E-state index < -0.39 is 11.6 Å². The summed E-state index contributed by atoms with van der Waals surface area (Å²) in [6.45, 7) is 6.81. The first-order valence-electron chi connectivity index (χ1n) is 11.4. The fourth-order valence-electron chi connectivity index (χ4n) is 4.49. The fourth-order valence-corrected chi connectivity index (χ4v) is 4.49. The summed E-state index contributed by atoms with van der Waals surface area (Å²) < 4.78 is 28.9. The zero-order valence-corrected chi connectivity index (χ0v) is 19.0. The van der Waals surface area contributed by atoms with Crippen LogP contribution in [0.5, 0.6) is 0 Å². The van der Waals surface area contributed by atoms with Gasteiger partial charge in [-0.25, -0.2) is 13.5 Å². The summed E-state index contributed by atoms with van der Waals surface area (Å²) in [7, 11) is 0. The van der Waals surface area contributed by atoms with E-state index in [1.807, 2.05) is 6.07 Å².